The van der Waals surface area contributed by atoms with Crippen LogP contribution in [0.1, 0.15) is 42.6 Å². The Balaban J connectivity index is 1.54. The first-order valence-electron chi connectivity index (χ1n) is 9.23. The molecule has 1 aliphatic heterocycles. The van der Waals surface area contributed by atoms with Crippen LogP contribution in [0.3, 0.4) is 0 Å². The molecule has 1 saturated heterocycles. The van der Waals surface area contributed by atoms with Crippen molar-refractivity contribution in [1.29, 1.82) is 0 Å². The third-order valence-corrected chi connectivity index (χ3v) is 5.28. The summed E-state index contributed by atoms with van der Waals surface area (Å²) in [6.07, 6.45) is 2.41. The number of aromatic nitrogens is 2. The number of carbonyl (C=O) groups is 1. The first kappa shape index (κ1) is 18.6. The summed E-state index contributed by atoms with van der Waals surface area (Å²) in [5.41, 5.74) is 9.48. The Morgan fingerprint density at radius 3 is 2.69 bits per heavy atom. The summed E-state index contributed by atoms with van der Waals surface area (Å²) in [7, 11) is 1.58. The number of nitrogens with zero attached hydrogens (tertiary/aromatic N) is 2. The average molecular weight is 356 g/mol. The fourth-order valence-electron chi connectivity index (χ4n) is 3.45. The summed E-state index contributed by atoms with van der Waals surface area (Å²) in [6.45, 7) is 3.26. The van der Waals surface area contributed by atoms with Crippen molar-refractivity contribution < 1.29 is 9.53 Å². The van der Waals surface area contributed by atoms with E-state index in [0.29, 0.717) is 19.0 Å². The predicted molar refractivity (Wildman–Crippen MR) is 101 cm³/mol. The van der Waals surface area contributed by atoms with Crippen LogP contribution in [-0.2, 0) is 16.0 Å². The molecule has 0 aliphatic carbocycles. The van der Waals surface area contributed by atoms with Gasteiger partial charge in [-0.1, -0.05) is 30.3 Å². The van der Waals surface area contributed by atoms with Gasteiger partial charge >= 0.3 is 0 Å². The number of hydrogen-bond acceptors (Lipinski definition) is 4. The van der Waals surface area contributed by atoms with Crippen LogP contribution in [0.5, 0.6) is 0 Å². The second-order valence-electron chi connectivity index (χ2n) is 7.05. The Labute approximate surface area is 154 Å². The van der Waals surface area contributed by atoms with E-state index in [4.69, 9.17) is 10.5 Å². The Kier molecular flexibility index (Phi) is 6.06. The minimum absolute atomic E-state index is 0.0235. The molecule has 1 aliphatic rings. The van der Waals surface area contributed by atoms with Gasteiger partial charge in [0.1, 0.15) is 6.04 Å². The van der Waals surface area contributed by atoms with Gasteiger partial charge in [-0.3, -0.25) is 9.89 Å². The summed E-state index contributed by atoms with van der Waals surface area (Å²) in [5.74, 6) is 0.362. The molecule has 0 bridgehead atoms. The number of nitrogens with two attached hydrogens (primary N) is 1. The molecule has 0 saturated carbocycles. The minimum Gasteiger partial charge on any atom is -0.380 e. The number of H-pyrrole nitrogens is 1. The fraction of sp³-hybridized carbons (Fsp3) is 0.500. The van der Waals surface area contributed by atoms with Crippen LogP contribution in [0.4, 0.5) is 0 Å². The van der Waals surface area contributed by atoms with Crippen molar-refractivity contribution in [2.45, 2.75) is 44.2 Å². The standard InChI is InChI=1S/C20H28N4O2/c1-14(26-2)19(21)20(25)24-10-8-16(9-11-24)18-13-17(22-23-18)12-15-6-4-3-5-7-15/h3-7,13-14,16,19H,8-12,21H2,1-2H3,(H,22,23)/t14-,19+/m1/s1. The normalized spacial score (nSPS) is 17.9. The maximum atomic E-state index is 12.4. The number of carbonyl (C=O) groups excluding carboxylic acids is 1. The van der Waals surface area contributed by atoms with E-state index in [-0.39, 0.29) is 12.0 Å². The van der Waals surface area contributed by atoms with E-state index in [0.717, 1.165) is 30.7 Å². The lowest BCUT2D eigenvalue weighted by molar-refractivity contribution is -0.136. The first-order valence-corrected chi connectivity index (χ1v) is 9.23. The lowest BCUT2D eigenvalue weighted by Gasteiger charge is -2.33. The molecule has 0 radical (unpaired) electrons. The first-order chi connectivity index (χ1) is 12.6. The number of amides is 1. The third-order valence-electron chi connectivity index (χ3n) is 5.28. The van der Waals surface area contributed by atoms with Gasteiger partial charge < -0.3 is 15.4 Å². The zero-order chi connectivity index (χ0) is 18.5. The minimum atomic E-state index is -0.598. The smallest absolute Gasteiger partial charge is 0.242 e. The lowest BCUT2D eigenvalue weighted by atomic mass is 9.92. The van der Waals surface area contributed by atoms with Crippen LogP contribution in [0.25, 0.3) is 0 Å². The van der Waals surface area contributed by atoms with Crippen LogP contribution < -0.4 is 5.73 Å². The van der Waals surface area contributed by atoms with Crippen molar-refractivity contribution in [3.05, 3.63) is 53.3 Å². The van der Waals surface area contributed by atoms with Gasteiger partial charge in [-0.25, -0.2) is 0 Å². The summed E-state index contributed by atoms with van der Waals surface area (Å²) in [5, 5.41) is 7.67. The molecule has 1 aromatic carbocycles. The number of methoxy groups -OCH3 is 1. The zero-order valence-corrected chi connectivity index (χ0v) is 15.5. The molecule has 140 valence electrons. The van der Waals surface area contributed by atoms with E-state index < -0.39 is 6.04 Å². The van der Waals surface area contributed by atoms with E-state index in [1.54, 1.807) is 7.11 Å². The molecule has 2 heterocycles. The number of aromatic amines is 1. The number of hydrogen-bond donors (Lipinski definition) is 2. The van der Waals surface area contributed by atoms with E-state index in [2.05, 4.69) is 40.5 Å². The zero-order valence-electron chi connectivity index (χ0n) is 15.5. The number of benzene rings is 1. The number of piperidine rings is 1. The Bertz CT molecular complexity index is 708. The molecule has 6 heteroatoms. The number of ether oxygens (including phenoxy) is 1. The number of rotatable bonds is 6. The molecular formula is C20H28N4O2. The SMILES string of the molecule is CO[C@H](C)[C@H](N)C(=O)N1CCC(c2cc(Cc3ccccc3)[nH]n2)CC1. The molecule has 6 nitrogen and oxygen atoms in total. The van der Waals surface area contributed by atoms with Gasteiger partial charge in [0, 0.05) is 38.2 Å². The predicted octanol–water partition coefficient (Wildman–Crippen LogP) is 2.07. The van der Waals surface area contributed by atoms with Gasteiger partial charge in [0.05, 0.1) is 11.8 Å². The Hall–Kier alpha value is -2.18. The van der Waals surface area contributed by atoms with Crippen molar-refractivity contribution in [3.8, 4) is 0 Å². The highest BCUT2D eigenvalue weighted by atomic mass is 16.5. The summed E-state index contributed by atoms with van der Waals surface area (Å²) in [6, 6.07) is 11.9. The molecule has 26 heavy (non-hydrogen) atoms. The molecule has 2 aromatic rings. The molecule has 3 rings (SSSR count). The van der Waals surface area contributed by atoms with Crippen molar-refractivity contribution in [2.75, 3.05) is 20.2 Å². The monoisotopic (exact) mass is 356 g/mol. The maximum absolute atomic E-state index is 12.4. The Morgan fingerprint density at radius 1 is 1.35 bits per heavy atom. The molecule has 1 aromatic heterocycles. The number of likely N-dealkylation sites (tertiary alicyclic amines) is 1. The Morgan fingerprint density at radius 2 is 2.04 bits per heavy atom. The molecular weight excluding hydrogens is 328 g/mol. The van der Waals surface area contributed by atoms with Gasteiger partial charge in [-0.05, 0) is 31.4 Å². The molecule has 1 amide bonds. The van der Waals surface area contributed by atoms with Crippen LogP contribution in [0.15, 0.2) is 36.4 Å². The van der Waals surface area contributed by atoms with Crippen LogP contribution in [0.2, 0.25) is 0 Å². The molecule has 0 spiro atoms. The lowest BCUT2D eigenvalue weighted by Crippen LogP contribution is -2.51. The third kappa shape index (κ3) is 4.31. The number of nitrogens with one attached hydrogen (secondary N) is 1. The molecule has 3 N–H and O–H groups in total. The van der Waals surface area contributed by atoms with Gasteiger partial charge in [-0.15, -0.1) is 0 Å². The topological polar surface area (TPSA) is 84.2 Å². The highest BCUT2D eigenvalue weighted by molar-refractivity contribution is 5.82. The van der Waals surface area contributed by atoms with E-state index >= 15 is 0 Å². The van der Waals surface area contributed by atoms with Gasteiger partial charge in [-0.2, -0.15) is 5.10 Å². The van der Waals surface area contributed by atoms with Gasteiger partial charge in [0.25, 0.3) is 0 Å². The summed E-state index contributed by atoms with van der Waals surface area (Å²) < 4.78 is 5.18. The highest BCUT2D eigenvalue weighted by Gasteiger charge is 2.30. The van der Waals surface area contributed by atoms with Crippen molar-refractivity contribution in [3.63, 3.8) is 0 Å². The van der Waals surface area contributed by atoms with E-state index in [1.807, 2.05) is 17.9 Å². The van der Waals surface area contributed by atoms with Crippen molar-refractivity contribution in [2.24, 2.45) is 5.73 Å². The van der Waals surface area contributed by atoms with Crippen LogP contribution >= 0.6 is 0 Å². The fourth-order valence-corrected chi connectivity index (χ4v) is 3.45. The van der Waals surface area contributed by atoms with Crippen LogP contribution in [0, 0.1) is 0 Å². The second kappa shape index (κ2) is 8.47. The molecule has 0 unspecified atom stereocenters. The largest absolute Gasteiger partial charge is 0.380 e. The highest BCUT2D eigenvalue weighted by Crippen LogP contribution is 2.27. The molecule has 2 atom stereocenters. The molecule has 1 fully saturated rings. The van der Waals surface area contributed by atoms with Crippen molar-refractivity contribution in [1.82, 2.24) is 15.1 Å². The van der Waals surface area contributed by atoms with E-state index in [1.165, 1.54) is 5.56 Å². The van der Waals surface area contributed by atoms with Crippen molar-refractivity contribution >= 4 is 5.91 Å². The van der Waals surface area contributed by atoms with Crippen LogP contribution in [-0.4, -0.2) is 53.3 Å². The van der Waals surface area contributed by atoms with Gasteiger partial charge in [0.15, 0.2) is 0 Å². The second-order valence-corrected chi connectivity index (χ2v) is 7.05. The van der Waals surface area contributed by atoms with Gasteiger partial charge in [0.2, 0.25) is 5.91 Å². The maximum Gasteiger partial charge on any atom is 0.242 e. The summed E-state index contributed by atoms with van der Waals surface area (Å²) in [4.78, 5) is 14.3. The van der Waals surface area contributed by atoms with E-state index in [9.17, 15) is 4.79 Å². The summed E-state index contributed by atoms with van der Waals surface area (Å²) >= 11 is 0. The quantitative estimate of drug-likeness (QED) is 0.830. The average Bonchev–Trinajstić information content (AvgIpc) is 3.15.